The molecule has 4 rings (SSSR count). The van der Waals surface area contributed by atoms with Gasteiger partial charge < -0.3 is 14.2 Å². The molecule has 0 unspecified atom stereocenters. The Balaban J connectivity index is 2.05. The molecule has 4 aromatic rings. The van der Waals surface area contributed by atoms with Crippen LogP contribution in [0, 0.1) is 0 Å². The Morgan fingerprint density at radius 2 is 1.24 bits per heavy atom. The van der Waals surface area contributed by atoms with Crippen LogP contribution in [0.1, 0.15) is 6.92 Å². The first-order valence-electron chi connectivity index (χ1n) is 9.62. The van der Waals surface area contributed by atoms with E-state index in [1.165, 1.54) is 0 Å². The van der Waals surface area contributed by atoms with Crippen LogP contribution in [-0.4, -0.2) is 20.5 Å². The minimum Gasteiger partial charge on any atom is -0.489 e. The summed E-state index contributed by atoms with van der Waals surface area (Å²) in [6, 6.07) is 24.9. The van der Waals surface area contributed by atoms with Crippen molar-refractivity contribution in [2.75, 3.05) is 20.5 Å². The predicted molar refractivity (Wildman–Crippen MR) is 120 cm³/mol. The summed E-state index contributed by atoms with van der Waals surface area (Å²) in [4.78, 5) is 0. The summed E-state index contributed by atoms with van der Waals surface area (Å²) in [5.41, 5.74) is 3.00. The molecule has 0 spiro atoms. The second kappa shape index (κ2) is 8.38. The number of methoxy groups -OCH3 is 1. The molecule has 0 saturated heterocycles. The lowest BCUT2D eigenvalue weighted by atomic mass is 9.92. The highest BCUT2D eigenvalue weighted by Gasteiger charge is 2.19. The zero-order valence-corrected chi connectivity index (χ0v) is 16.8. The summed E-state index contributed by atoms with van der Waals surface area (Å²) in [5, 5.41) is 4.52. The number of rotatable bonds is 7. The van der Waals surface area contributed by atoms with Gasteiger partial charge in [0.15, 0.2) is 6.79 Å². The normalized spacial score (nSPS) is 11.0. The first-order valence-corrected chi connectivity index (χ1v) is 9.62. The zero-order valence-electron chi connectivity index (χ0n) is 16.8. The van der Waals surface area contributed by atoms with E-state index in [0.717, 1.165) is 49.7 Å². The van der Waals surface area contributed by atoms with Gasteiger partial charge in [0.25, 0.3) is 0 Å². The lowest BCUT2D eigenvalue weighted by Gasteiger charge is -2.19. The van der Waals surface area contributed by atoms with Gasteiger partial charge in [-0.15, -0.1) is 0 Å². The molecule has 0 aliphatic rings. The Kier molecular flexibility index (Phi) is 5.50. The van der Waals surface area contributed by atoms with Gasteiger partial charge in [0.1, 0.15) is 18.1 Å². The third kappa shape index (κ3) is 3.82. The van der Waals surface area contributed by atoms with Crippen LogP contribution in [0.4, 0.5) is 0 Å². The first-order chi connectivity index (χ1) is 14.2. The molecule has 0 fully saturated rings. The van der Waals surface area contributed by atoms with Crippen molar-refractivity contribution < 1.29 is 14.2 Å². The highest BCUT2D eigenvalue weighted by Crippen LogP contribution is 2.45. The molecule has 0 aromatic heterocycles. The molecule has 0 N–H and O–H groups in total. The van der Waals surface area contributed by atoms with E-state index in [4.69, 9.17) is 14.2 Å². The van der Waals surface area contributed by atoms with Crippen LogP contribution in [0.5, 0.6) is 11.5 Å². The third-order valence-electron chi connectivity index (χ3n) is 4.84. The fourth-order valence-electron chi connectivity index (χ4n) is 3.58. The summed E-state index contributed by atoms with van der Waals surface area (Å²) >= 11 is 0. The van der Waals surface area contributed by atoms with Gasteiger partial charge in [0.05, 0.1) is 0 Å². The van der Waals surface area contributed by atoms with Crippen molar-refractivity contribution in [3.05, 3.63) is 84.9 Å². The highest BCUT2D eigenvalue weighted by atomic mass is 16.7. The van der Waals surface area contributed by atoms with Crippen molar-refractivity contribution in [1.29, 1.82) is 0 Å². The van der Waals surface area contributed by atoms with Gasteiger partial charge in [0.2, 0.25) is 0 Å². The quantitative estimate of drug-likeness (QED) is 0.265. The number of fused-ring (bicyclic) bond motifs is 2. The molecule has 0 aliphatic carbocycles. The maximum Gasteiger partial charge on any atom is 0.188 e. The van der Waals surface area contributed by atoms with Crippen LogP contribution >= 0.6 is 0 Å². The van der Waals surface area contributed by atoms with Crippen molar-refractivity contribution in [3.63, 3.8) is 0 Å². The van der Waals surface area contributed by atoms with E-state index in [1.807, 2.05) is 37.3 Å². The van der Waals surface area contributed by atoms with E-state index in [2.05, 4.69) is 49.0 Å². The van der Waals surface area contributed by atoms with E-state index in [-0.39, 0.29) is 6.79 Å². The van der Waals surface area contributed by atoms with Gasteiger partial charge >= 0.3 is 0 Å². The van der Waals surface area contributed by atoms with E-state index < -0.39 is 0 Å². The molecule has 29 heavy (non-hydrogen) atoms. The fourth-order valence-corrected chi connectivity index (χ4v) is 3.58. The van der Waals surface area contributed by atoms with Crippen molar-refractivity contribution in [2.45, 2.75) is 6.92 Å². The van der Waals surface area contributed by atoms with Crippen molar-refractivity contribution in [2.24, 2.45) is 0 Å². The minimum atomic E-state index is 0.179. The summed E-state index contributed by atoms with van der Waals surface area (Å²) in [6.45, 7) is 6.58. The average Bonchev–Trinajstić information content (AvgIpc) is 2.75. The van der Waals surface area contributed by atoms with Crippen LogP contribution in [-0.2, 0) is 4.74 Å². The number of ether oxygens (including phenoxy) is 3. The van der Waals surface area contributed by atoms with Crippen LogP contribution in [0.15, 0.2) is 84.9 Å². The number of hydrogen-bond acceptors (Lipinski definition) is 3. The average molecular weight is 384 g/mol. The smallest absolute Gasteiger partial charge is 0.188 e. The Morgan fingerprint density at radius 3 is 1.76 bits per heavy atom. The van der Waals surface area contributed by atoms with E-state index in [0.29, 0.717) is 6.61 Å². The second-order valence-corrected chi connectivity index (χ2v) is 7.12. The first kappa shape index (κ1) is 19.0. The summed E-state index contributed by atoms with van der Waals surface area (Å²) in [5.74, 6) is 1.58. The van der Waals surface area contributed by atoms with Crippen molar-refractivity contribution in [1.82, 2.24) is 0 Å². The van der Waals surface area contributed by atoms with Gasteiger partial charge in [0, 0.05) is 18.2 Å². The topological polar surface area (TPSA) is 27.7 Å². The molecule has 0 atom stereocenters. The SMILES string of the molecule is C=C(C)COc1ccc2ccccc2c1-c1c(OCOC)ccc2ccccc12. The lowest BCUT2D eigenvalue weighted by molar-refractivity contribution is 0.0516. The fraction of sp³-hybridized carbons (Fsp3) is 0.154. The number of hydrogen-bond donors (Lipinski definition) is 0. The van der Waals surface area contributed by atoms with Crippen LogP contribution in [0.2, 0.25) is 0 Å². The van der Waals surface area contributed by atoms with Crippen LogP contribution in [0.3, 0.4) is 0 Å². The molecule has 0 aliphatic heterocycles. The predicted octanol–water partition coefficient (Wildman–Crippen LogP) is 6.60. The molecule has 3 nitrogen and oxygen atoms in total. The Hall–Kier alpha value is -3.30. The molecule has 146 valence electrons. The molecule has 4 aromatic carbocycles. The van der Waals surface area contributed by atoms with Gasteiger partial charge in [-0.25, -0.2) is 0 Å². The number of benzene rings is 4. The molecular formula is C26H24O3. The van der Waals surface area contributed by atoms with Crippen LogP contribution < -0.4 is 9.47 Å². The highest BCUT2D eigenvalue weighted by molar-refractivity contribution is 6.09. The monoisotopic (exact) mass is 384 g/mol. The van der Waals surface area contributed by atoms with E-state index >= 15 is 0 Å². The maximum absolute atomic E-state index is 6.18. The van der Waals surface area contributed by atoms with Gasteiger partial charge in [-0.1, -0.05) is 67.2 Å². The summed E-state index contributed by atoms with van der Waals surface area (Å²) < 4.78 is 17.3. The summed E-state index contributed by atoms with van der Waals surface area (Å²) in [7, 11) is 1.63. The zero-order chi connectivity index (χ0) is 20.2. The molecule has 0 amide bonds. The van der Waals surface area contributed by atoms with Crippen molar-refractivity contribution in [3.8, 4) is 22.6 Å². The standard InChI is InChI=1S/C26H24O3/c1-18(2)16-28-23-14-12-19-8-4-6-10-21(19)25(23)26-22-11-7-5-9-20(22)13-15-24(26)29-17-27-3/h4-15H,1,16-17H2,2-3H3. The maximum atomic E-state index is 6.18. The van der Waals surface area contributed by atoms with E-state index in [9.17, 15) is 0 Å². The summed E-state index contributed by atoms with van der Waals surface area (Å²) in [6.07, 6.45) is 0. The molecular weight excluding hydrogens is 360 g/mol. The molecule has 0 bridgehead atoms. The molecule has 0 heterocycles. The molecule has 0 radical (unpaired) electrons. The van der Waals surface area contributed by atoms with Gasteiger partial charge in [-0.3, -0.25) is 0 Å². The van der Waals surface area contributed by atoms with Crippen LogP contribution in [0.25, 0.3) is 32.7 Å². The Bertz CT molecular complexity index is 1180. The minimum absolute atomic E-state index is 0.179. The van der Waals surface area contributed by atoms with Gasteiger partial charge in [-0.05, 0) is 46.2 Å². The van der Waals surface area contributed by atoms with E-state index in [1.54, 1.807) is 7.11 Å². The molecule has 3 heteroatoms. The second-order valence-electron chi connectivity index (χ2n) is 7.12. The lowest BCUT2D eigenvalue weighted by Crippen LogP contribution is -2.03. The largest absolute Gasteiger partial charge is 0.489 e. The Morgan fingerprint density at radius 1 is 0.724 bits per heavy atom. The van der Waals surface area contributed by atoms with Crippen molar-refractivity contribution >= 4 is 21.5 Å². The Labute approximate surface area is 171 Å². The third-order valence-corrected chi connectivity index (χ3v) is 4.84. The molecule has 0 saturated carbocycles. The van der Waals surface area contributed by atoms with Gasteiger partial charge in [-0.2, -0.15) is 0 Å².